The fourth-order valence-electron chi connectivity index (χ4n) is 3.26. The molecule has 0 unspecified atom stereocenters. The first-order chi connectivity index (χ1) is 9.59. The molecule has 0 radical (unpaired) electrons. The molecule has 3 fully saturated rings. The van der Waals surface area contributed by atoms with E-state index in [4.69, 9.17) is 4.74 Å². The van der Waals surface area contributed by atoms with E-state index in [1.165, 1.54) is 0 Å². The molecular formula is C15H17NO4. The van der Waals surface area contributed by atoms with Gasteiger partial charge in [-0.1, -0.05) is 30.3 Å². The van der Waals surface area contributed by atoms with Crippen LogP contribution in [0.1, 0.15) is 24.8 Å². The number of carbonyl (C=O) groups excluding carboxylic acids is 1. The summed E-state index contributed by atoms with van der Waals surface area (Å²) in [5, 5.41) is 11.8. The van der Waals surface area contributed by atoms with Gasteiger partial charge in [0.15, 0.2) is 0 Å². The van der Waals surface area contributed by atoms with Crippen molar-refractivity contribution < 1.29 is 19.4 Å². The normalized spacial score (nSPS) is 27.7. The largest absolute Gasteiger partial charge is 0.480 e. The second-order valence-electron chi connectivity index (χ2n) is 5.82. The van der Waals surface area contributed by atoms with E-state index in [0.29, 0.717) is 5.92 Å². The van der Waals surface area contributed by atoms with Gasteiger partial charge in [0.05, 0.1) is 0 Å². The van der Waals surface area contributed by atoms with Gasteiger partial charge in [-0.2, -0.15) is 0 Å². The molecule has 0 aliphatic heterocycles. The summed E-state index contributed by atoms with van der Waals surface area (Å²) in [5.74, 6) is -0.307. The number of carboxylic acids is 1. The smallest absolute Gasteiger partial charge is 0.408 e. The van der Waals surface area contributed by atoms with Gasteiger partial charge in [-0.15, -0.1) is 0 Å². The maximum Gasteiger partial charge on any atom is 0.408 e. The van der Waals surface area contributed by atoms with Crippen molar-refractivity contribution in [3.63, 3.8) is 0 Å². The molecule has 0 heterocycles. The lowest BCUT2D eigenvalue weighted by atomic mass is 9.42. The molecule has 1 amide bonds. The van der Waals surface area contributed by atoms with Crippen molar-refractivity contribution in [1.82, 2.24) is 5.32 Å². The van der Waals surface area contributed by atoms with Crippen LogP contribution in [0.25, 0.3) is 0 Å². The standard InChI is InChI=1S/C15H17NO4/c17-13(18)12(15-6-11(7-15)8-15)16-14(19)20-9-10-4-2-1-3-5-10/h1-5,11-12H,6-9H2,(H,16,19)(H,17,18)/t11?,12-,15?/m1/s1. The van der Waals surface area contributed by atoms with Crippen molar-refractivity contribution in [3.8, 4) is 0 Å². The summed E-state index contributed by atoms with van der Waals surface area (Å²) in [5.41, 5.74) is 0.655. The number of amides is 1. The van der Waals surface area contributed by atoms with E-state index in [-0.39, 0.29) is 12.0 Å². The second-order valence-corrected chi connectivity index (χ2v) is 5.82. The van der Waals surface area contributed by atoms with Crippen LogP contribution in [-0.4, -0.2) is 23.2 Å². The molecule has 106 valence electrons. The van der Waals surface area contributed by atoms with Crippen LogP contribution >= 0.6 is 0 Å². The second kappa shape index (κ2) is 4.81. The highest BCUT2D eigenvalue weighted by Gasteiger charge is 2.63. The number of nitrogens with one attached hydrogen (secondary N) is 1. The van der Waals surface area contributed by atoms with Gasteiger partial charge in [0.2, 0.25) is 0 Å². The molecule has 3 aliphatic rings. The van der Waals surface area contributed by atoms with Gasteiger partial charge in [0, 0.05) is 5.41 Å². The minimum atomic E-state index is -0.972. The Labute approximate surface area is 116 Å². The SMILES string of the molecule is O=C(N[C@H](C(=O)O)C12CC(C1)C2)OCc1ccccc1. The third kappa shape index (κ3) is 2.24. The number of alkyl carbamates (subject to hydrolysis) is 1. The van der Waals surface area contributed by atoms with Gasteiger partial charge in [-0.05, 0) is 30.7 Å². The van der Waals surface area contributed by atoms with Crippen LogP contribution in [0.15, 0.2) is 30.3 Å². The molecule has 20 heavy (non-hydrogen) atoms. The number of rotatable bonds is 5. The number of aliphatic carboxylic acids is 1. The zero-order chi connectivity index (χ0) is 14.2. The summed E-state index contributed by atoms with van der Waals surface area (Å²) in [6.45, 7) is 0.147. The molecule has 3 saturated carbocycles. The van der Waals surface area contributed by atoms with Crippen molar-refractivity contribution in [2.45, 2.75) is 31.9 Å². The minimum absolute atomic E-state index is 0.147. The molecule has 5 nitrogen and oxygen atoms in total. The third-order valence-electron chi connectivity index (χ3n) is 4.42. The Kier molecular flexibility index (Phi) is 3.12. The Hall–Kier alpha value is -2.04. The minimum Gasteiger partial charge on any atom is -0.480 e. The quantitative estimate of drug-likeness (QED) is 0.863. The van der Waals surface area contributed by atoms with E-state index in [1.54, 1.807) is 0 Å². The van der Waals surface area contributed by atoms with Crippen LogP contribution in [0.2, 0.25) is 0 Å². The Morgan fingerprint density at radius 3 is 2.45 bits per heavy atom. The van der Waals surface area contributed by atoms with Crippen molar-refractivity contribution >= 4 is 12.1 Å². The topological polar surface area (TPSA) is 75.6 Å². The summed E-state index contributed by atoms with van der Waals surface area (Å²) in [6, 6.07) is 8.48. The van der Waals surface area contributed by atoms with Gasteiger partial charge in [-0.3, -0.25) is 0 Å². The van der Waals surface area contributed by atoms with Crippen molar-refractivity contribution in [1.29, 1.82) is 0 Å². The Morgan fingerprint density at radius 2 is 1.95 bits per heavy atom. The van der Waals surface area contributed by atoms with E-state index in [9.17, 15) is 14.7 Å². The van der Waals surface area contributed by atoms with Crippen LogP contribution in [0.5, 0.6) is 0 Å². The molecule has 0 saturated heterocycles. The first kappa shape index (κ1) is 13.0. The molecule has 2 bridgehead atoms. The molecule has 1 aromatic carbocycles. The number of hydrogen-bond acceptors (Lipinski definition) is 3. The molecule has 3 aliphatic carbocycles. The van der Waals surface area contributed by atoms with Crippen LogP contribution in [-0.2, 0) is 16.1 Å². The predicted molar refractivity (Wildman–Crippen MR) is 71.0 cm³/mol. The molecule has 1 aromatic rings. The van der Waals surface area contributed by atoms with Gasteiger partial charge >= 0.3 is 12.1 Å². The van der Waals surface area contributed by atoms with Crippen molar-refractivity contribution in [3.05, 3.63) is 35.9 Å². The van der Waals surface area contributed by atoms with E-state index < -0.39 is 18.1 Å². The van der Waals surface area contributed by atoms with E-state index >= 15 is 0 Å². The van der Waals surface area contributed by atoms with E-state index in [2.05, 4.69) is 5.32 Å². The number of ether oxygens (including phenoxy) is 1. The maximum absolute atomic E-state index is 11.7. The first-order valence-electron chi connectivity index (χ1n) is 6.79. The lowest BCUT2D eigenvalue weighted by molar-refractivity contribution is -0.169. The molecule has 0 spiro atoms. The van der Waals surface area contributed by atoms with E-state index in [1.807, 2.05) is 30.3 Å². The Morgan fingerprint density at radius 1 is 1.30 bits per heavy atom. The summed E-state index contributed by atoms with van der Waals surface area (Å²) in [7, 11) is 0. The highest BCUT2D eigenvalue weighted by molar-refractivity contribution is 5.81. The summed E-state index contributed by atoms with van der Waals surface area (Å²) < 4.78 is 5.08. The van der Waals surface area contributed by atoms with Crippen molar-refractivity contribution in [2.24, 2.45) is 11.3 Å². The van der Waals surface area contributed by atoms with Crippen LogP contribution in [0.3, 0.4) is 0 Å². The fraction of sp³-hybridized carbons (Fsp3) is 0.467. The highest BCUT2D eigenvalue weighted by Crippen LogP contribution is 2.66. The predicted octanol–water partition coefficient (Wildman–Crippen LogP) is 2.17. The van der Waals surface area contributed by atoms with Gasteiger partial charge in [-0.25, -0.2) is 9.59 Å². The van der Waals surface area contributed by atoms with Gasteiger partial charge < -0.3 is 15.2 Å². The monoisotopic (exact) mass is 275 g/mol. The first-order valence-corrected chi connectivity index (χ1v) is 6.79. The van der Waals surface area contributed by atoms with E-state index in [0.717, 1.165) is 24.8 Å². The number of carboxylic acid groups (broad SMARTS) is 1. The maximum atomic E-state index is 11.7. The van der Waals surface area contributed by atoms with Crippen molar-refractivity contribution in [2.75, 3.05) is 0 Å². The fourth-order valence-corrected chi connectivity index (χ4v) is 3.26. The molecule has 1 atom stereocenters. The third-order valence-corrected chi connectivity index (χ3v) is 4.42. The molecular weight excluding hydrogens is 258 g/mol. The number of carbonyl (C=O) groups is 2. The molecule has 0 aromatic heterocycles. The highest BCUT2D eigenvalue weighted by atomic mass is 16.5. The van der Waals surface area contributed by atoms with Gasteiger partial charge in [0.25, 0.3) is 0 Å². The summed E-state index contributed by atoms with van der Waals surface area (Å²) in [4.78, 5) is 23.0. The van der Waals surface area contributed by atoms with Crippen LogP contribution in [0.4, 0.5) is 4.79 Å². The summed E-state index contributed by atoms with van der Waals surface area (Å²) >= 11 is 0. The van der Waals surface area contributed by atoms with Crippen LogP contribution in [0, 0.1) is 11.3 Å². The number of hydrogen-bond donors (Lipinski definition) is 2. The molecule has 5 heteroatoms. The average molecular weight is 275 g/mol. The lowest BCUT2D eigenvalue weighted by Gasteiger charge is -2.63. The average Bonchev–Trinajstić information content (AvgIpc) is 2.33. The summed E-state index contributed by atoms with van der Waals surface area (Å²) in [6.07, 6.45) is 2.06. The zero-order valence-corrected chi connectivity index (χ0v) is 11.0. The van der Waals surface area contributed by atoms with Gasteiger partial charge in [0.1, 0.15) is 12.6 Å². The number of benzene rings is 1. The molecule has 4 rings (SSSR count). The molecule has 2 N–H and O–H groups in total. The Balaban J connectivity index is 1.53. The Bertz CT molecular complexity index is 511. The lowest BCUT2D eigenvalue weighted by Crippen LogP contribution is -2.66. The zero-order valence-electron chi connectivity index (χ0n) is 11.0. The van der Waals surface area contributed by atoms with Crippen LogP contribution < -0.4 is 5.32 Å².